The molecule has 0 bridgehead atoms. The maximum Gasteiger partial charge on any atom is 0.142 e. The van der Waals surface area contributed by atoms with E-state index in [0.717, 1.165) is 23.8 Å². The van der Waals surface area contributed by atoms with E-state index in [9.17, 15) is 9.59 Å². The first-order valence-corrected chi connectivity index (χ1v) is 4.48. The smallest absolute Gasteiger partial charge is 0.142 e. The van der Waals surface area contributed by atoms with Crippen molar-refractivity contribution in [3.05, 3.63) is 29.8 Å². The number of aryl methyl sites for hydroxylation is 1. The SMILES string of the molecule is Cc1ccc(N[C@@H](C=O)CC=O)cc1. The number of rotatable bonds is 5. The van der Waals surface area contributed by atoms with Gasteiger partial charge in [-0.3, -0.25) is 0 Å². The Bertz CT molecular complexity index is 306. The third-order valence-corrected chi connectivity index (χ3v) is 1.92. The van der Waals surface area contributed by atoms with E-state index < -0.39 is 6.04 Å². The lowest BCUT2D eigenvalue weighted by molar-refractivity contribution is -0.112. The fourth-order valence-electron chi connectivity index (χ4n) is 1.12. The average molecular weight is 191 g/mol. The minimum Gasteiger partial charge on any atom is -0.375 e. The van der Waals surface area contributed by atoms with Crippen molar-refractivity contribution in [3.63, 3.8) is 0 Å². The molecule has 74 valence electrons. The summed E-state index contributed by atoms with van der Waals surface area (Å²) in [7, 11) is 0. The number of nitrogens with one attached hydrogen (secondary N) is 1. The molecule has 0 unspecified atom stereocenters. The fraction of sp³-hybridized carbons (Fsp3) is 0.273. The summed E-state index contributed by atoms with van der Waals surface area (Å²) in [6.07, 6.45) is 1.69. The monoisotopic (exact) mass is 191 g/mol. The van der Waals surface area contributed by atoms with Crippen molar-refractivity contribution in [2.24, 2.45) is 0 Å². The minimum atomic E-state index is -0.421. The number of aldehydes is 2. The van der Waals surface area contributed by atoms with Crippen LogP contribution in [0.4, 0.5) is 5.69 Å². The summed E-state index contributed by atoms with van der Waals surface area (Å²) in [6.45, 7) is 1.99. The lowest BCUT2D eigenvalue weighted by atomic mass is 10.2. The molecule has 0 aromatic heterocycles. The Morgan fingerprint density at radius 3 is 2.43 bits per heavy atom. The third kappa shape index (κ3) is 3.01. The van der Waals surface area contributed by atoms with E-state index in [1.165, 1.54) is 0 Å². The van der Waals surface area contributed by atoms with Crippen LogP contribution in [0.5, 0.6) is 0 Å². The van der Waals surface area contributed by atoms with Gasteiger partial charge in [0.25, 0.3) is 0 Å². The molecular formula is C11H13NO2. The van der Waals surface area contributed by atoms with Crippen molar-refractivity contribution in [3.8, 4) is 0 Å². The van der Waals surface area contributed by atoms with Crippen LogP contribution >= 0.6 is 0 Å². The van der Waals surface area contributed by atoms with E-state index in [1.54, 1.807) is 0 Å². The van der Waals surface area contributed by atoms with Crippen LogP contribution in [-0.2, 0) is 9.59 Å². The topological polar surface area (TPSA) is 46.2 Å². The van der Waals surface area contributed by atoms with Crippen molar-refractivity contribution in [1.29, 1.82) is 0 Å². The van der Waals surface area contributed by atoms with Crippen LogP contribution in [0.3, 0.4) is 0 Å². The molecule has 14 heavy (non-hydrogen) atoms. The molecule has 0 aliphatic rings. The van der Waals surface area contributed by atoms with E-state index in [0.29, 0.717) is 0 Å². The Labute approximate surface area is 83.1 Å². The van der Waals surface area contributed by atoms with Crippen LogP contribution in [0.15, 0.2) is 24.3 Å². The van der Waals surface area contributed by atoms with Crippen molar-refractivity contribution in [2.75, 3.05) is 5.32 Å². The molecule has 1 rings (SSSR count). The molecule has 1 N–H and O–H groups in total. The molecule has 0 aliphatic carbocycles. The Hall–Kier alpha value is -1.64. The van der Waals surface area contributed by atoms with Crippen LogP contribution in [0, 0.1) is 6.92 Å². The summed E-state index contributed by atoms with van der Waals surface area (Å²) in [4.78, 5) is 20.8. The van der Waals surface area contributed by atoms with Crippen molar-refractivity contribution < 1.29 is 9.59 Å². The summed E-state index contributed by atoms with van der Waals surface area (Å²) in [6, 6.07) is 7.25. The minimum absolute atomic E-state index is 0.206. The summed E-state index contributed by atoms with van der Waals surface area (Å²) in [5, 5.41) is 2.96. The first-order valence-electron chi connectivity index (χ1n) is 4.48. The first-order chi connectivity index (χ1) is 6.76. The van der Waals surface area contributed by atoms with Crippen LogP contribution in [0.1, 0.15) is 12.0 Å². The van der Waals surface area contributed by atoms with Crippen LogP contribution in [-0.4, -0.2) is 18.6 Å². The largest absolute Gasteiger partial charge is 0.375 e. The maximum atomic E-state index is 10.5. The van der Waals surface area contributed by atoms with Gasteiger partial charge in [0.05, 0.1) is 6.04 Å². The molecule has 1 aromatic carbocycles. The van der Waals surface area contributed by atoms with Gasteiger partial charge in [0.2, 0.25) is 0 Å². The molecule has 0 amide bonds. The molecule has 1 aromatic rings. The highest BCUT2D eigenvalue weighted by atomic mass is 16.1. The third-order valence-electron chi connectivity index (χ3n) is 1.92. The van der Waals surface area contributed by atoms with E-state index in [-0.39, 0.29) is 6.42 Å². The highest BCUT2D eigenvalue weighted by molar-refractivity contribution is 5.70. The van der Waals surface area contributed by atoms with E-state index in [4.69, 9.17) is 0 Å². The van der Waals surface area contributed by atoms with Crippen molar-refractivity contribution >= 4 is 18.3 Å². The maximum absolute atomic E-state index is 10.5. The van der Waals surface area contributed by atoms with Gasteiger partial charge in [-0.1, -0.05) is 17.7 Å². The predicted molar refractivity (Wildman–Crippen MR) is 55.3 cm³/mol. The molecule has 3 heteroatoms. The molecule has 0 spiro atoms. The Morgan fingerprint density at radius 1 is 1.29 bits per heavy atom. The lowest BCUT2D eigenvalue weighted by Crippen LogP contribution is -2.21. The van der Waals surface area contributed by atoms with Gasteiger partial charge in [-0.05, 0) is 19.1 Å². The highest BCUT2D eigenvalue weighted by Gasteiger charge is 2.04. The summed E-state index contributed by atoms with van der Waals surface area (Å²) in [5.41, 5.74) is 2.02. The van der Waals surface area contributed by atoms with Crippen molar-refractivity contribution in [2.45, 2.75) is 19.4 Å². The van der Waals surface area contributed by atoms with Gasteiger partial charge in [-0.25, -0.2) is 0 Å². The molecular weight excluding hydrogens is 178 g/mol. The number of carbonyl (C=O) groups is 2. The van der Waals surface area contributed by atoms with Gasteiger partial charge in [0.15, 0.2) is 0 Å². The van der Waals surface area contributed by atoms with Gasteiger partial charge in [0, 0.05) is 12.1 Å². The van der Waals surface area contributed by atoms with Gasteiger partial charge >= 0.3 is 0 Å². The molecule has 0 aliphatic heterocycles. The summed E-state index contributed by atoms with van der Waals surface area (Å²) < 4.78 is 0. The highest BCUT2D eigenvalue weighted by Crippen LogP contribution is 2.09. The zero-order valence-electron chi connectivity index (χ0n) is 8.07. The molecule has 0 radical (unpaired) electrons. The standard InChI is InChI=1S/C11H13NO2/c1-9-2-4-10(5-3-9)12-11(8-14)6-7-13/h2-5,7-8,11-12H,6H2,1H3/t11-/m1/s1. The number of hydrogen-bond acceptors (Lipinski definition) is 3. The van der Waals surface area contributed by atoms with Crippen LogP contribution < -0.4 is 5.32 Å². The summed E-state index contributed by atoms with van der Waals surface area (Å²) in [5.74, 6) is 0. The number of hydrogen-bond donors (Lipinski definition) is 1. The molecule has 0 heterocycles. The number of carbonyl (C=O) groups excluding carboxylic acids is 2. The lowest BCUT2D eigenvalue weighted by Gasteiger charge is -2.10. The predicted octanol–water partition coefficient (Wildman–Crippen LogP) is 1.56. The summed E-state index contributed by atoms with van der Waals surface area (Å²) >= 11 is 0. The van der Waals surface area contributed by atoms with E-state index in [1.807, 2.05) is 31.2 Å². The van der Waals surface area contributed by atoms with Crippen molar-refractivity contribution in [1.82, 2.24) is 0 Å². The zero-order valence-corrected chi connectivity index (χ0v) is 8.07. The van der Waals surface area contributed by atoms with E-state index in [2.05, 4.69) is 5.32 Å². The Balaban J connectivity index is 2.62. The van der Waals surface area contributed by atoms with Gasteiger partial charge < -0.3 is 14.9 Å². The van der Waals surface area contributed by atoms with E-state index >= 15 is 0 Å². The Morgan fingerprint density at radius 2 is 1.93 bits per heavy atom. The molecule has 0 saturated carbocycles. The van der Waals surface area contributed by atoms with Crippen LogP contribution in [0.25, 0.3) is 0 Å². The molecule has 1 atom stereocenters. The molecule has 0 fully saturated rings. The number of anilines is 1. The van der Waals surface area contributed by atoms with Gasteiger partial charge in [-0.2, -0.15) is 0 Å². The second-order valence-corrected chi connectivity index (χ2v) is 3.16. The van der Waals surface area contributed by atoms with Gasteiger partial charge in [0.1, 0.15) is 12.6 Å². The quantitative estimate of drug-likeness (QED) is 0.718. The van der Waals surface area contributed by atoms with Crippen LogP contribution in [0.2, 0.25) is 0 Å². The second kappa shape index (κ2) is 5.17. The zero-order chi connectivity index (χ0) is 10.4. The number of benzene rings is 1. The van der Waals surface area contributed by atoms with Gasteiger partial charge in [-0.15, -0.1) is 0 Å². The first kappa shape index (κ1) is 10.4. The molecule has 0 saturated heterocycles. The fourth-order valence-corrected chi connectivity index (χ4v) is 1.12. The average Bonchev–Trinajstić information content (AvgIpc) is 2.20. The Kier molecular flexibility index (Phi) is 3.85. The molecule has 3 nitrogen and oxygen atoms in total. The normalized spacial score (nSPS) is 11.8. The second-order valence-electron chi connectivity index (χ2n) is 3.16.